The quantitative estimate of drug-likeness (QED) is 0.910. The van der Waals surface area contributed by atoms with Gasteiger partial charge in [0.25, 0.3) is 0 Å². The minimum atomic E-state index is -1.01. The number of likely N-dealkylation sites (tertiary alicyclic amines) is 1. The molecule has 1 saturated carbocycles. The molecule has 2 unspecified atom stereocenters. The first kappa shape index (κ1) is 13.5. The first-order valence-corrected chi connectivity index (χ1v) is 7.45. The van der Waals surface area contributed by atoms with E-state index >= 15 is 0 Å². The molecule has 2 aliphatic rings. The van der Waals surface area contributed by atoms with E-state index in [0.29, 0.717) is 6.04 Å². The lowest BCUT2D eigenvalue weighted by Crippen LogP contribution is -2.57. The highest BCUT2D eigenvalue weighted by Gasteiger charge is 2.40. The molecule has 0 radical (unpaired) electrons. The molecule has 2 heterocycles. The van der Waals surface area contributed by atoms with Gasteiger partial charge in [-0.2, -0.15) is 0 Å². The van der Waals surface area contributed by atoms with Gasteiger partial charge in [-0.3, -0.25) is 4.90 Å². The second-order valence-corrected chi connectivity index (χ2v) is 6.37. The van der Waals surface area contributed by atoms with E-state index in [9.17, 15) is 4.79 Å². The third kappa shape index (κ3) is 2.32. The fourth-order valence-electron chi connectivity index (χ4n) is 3.84. The van der Waals surface area contributed by atoms with Crippen LogP contribution >= 0.6 is 0 Å². The molecule has 1 aromatic heterocycles. The van der Waals surface area contributed by atoms with Crippen molar-refractivity contribution in [2.45, 2.75) is 45.2 Å². The third-order valence-corrected chi connectivity index (χ3v) is 4.90. The van der Waals surface area contributed by atoms with Gasteiger partial charge in [0.05, 0.1) is 12.2 Å². The smallest absolute Gasteiger partial charge is 0.358 e. The van der Waals surface area contributed by atoms with Crippen LogP contribution in [-0.4, -0.2) is 50.1 Å². The number of aromatic nitrogens is 3. The van der Waals surface area contributed by atoms with Gasteiger partial charge in [0.1, 0.15) is 0 Å². The Bertz CT molecular complexity index is 485. The second-order valence-electron chi connectivity index (χ2n) is 6.37. The maximum Gasteiger partial charge on any atom is 0.358 e. The van der Waals surface area contributed by atoms with Gasteiger partial charge in [-0.05, 0) is 24.7 Å². The van der Waals surface area contributed by atoms with Crippen molar-refractivity contribution in [3.63, 3.8) is 0 Å². The zero-order chi connectivity index (χ0) is 14.3. The Hall–Kier alpha value is -1.43. The highest BCUT2D eigenvalue weighted by Crippen LogP contribution is 2.37. The van der Waals surface area contributed by atoms with Gasteiger partial charge in [0, 0.05) is 19.1 Å². The third-order valence-electron chi connectivity index (χ3n) is 4.90. The van der Waals surface area contributed by atoms with Crippen molar-refractivity contribution in [2.24, 2.45) is 11.8 Å². The fourth-order valence-corrected chi connectivity index (χ4v) is 3.84. The zero-order valence-corrected chi connectivity index (χ0v) is 12.1. The molecule has 1 N–H and O–H groups in total. The number of rotatable bonds is 3. The molecule has 1 aliphatic carbocycles. The Kier molecular flexibility index (Phi) is 3.50. The monoisotopic (exact) mass is 278 g/mol. The van der Waals surface area contributed by atoms with Crippen LogP contribution in [0.15, 0.2) is 6.20 Å². The normalized spacial score (nSPS) is 32.0. The lowest BCUT2D eigenvalue weighted by Gasteiger charge is -2.50. The fraction of sp³-hybridized carbons (Fsp3) is 0.786. The van der Waals surface area contributed by atoms with Crippen molar-refractivity contribution in [1.29, 1.82) is 0 Å². The summed E-state index contributed by atoms with van der Waals surface area (Å²) >= 11 is 0. The minimum absolute atomic E-state index is 0.0304. The van der Waals surface area contributed by atoms with Crippen molar-refractivity contribution in [1.82, 2.24) is 19.9 Å². The summed E-state index contributed by atoms with van der Waals surface area (Å²) in [5.74, 6) is 0.497. The number of carboxylic acid groups (broad SMARTS) is 1. The first-order chi connectivity index (χ1) is 9.56. The van der Waals surface area contributed by atoms with Crippen molar-refractivity contribution in [2.75, 3.05) is 13.1 Å². The highest BCUT2D eigenvalue weighted by molar-refractivity contribution is 5.84. The standard InChI is InChI=1S/C14H22N4O2/c1-9-4-3-5-10(2)13(9)17-6-11(7-17)18-8-12(14(19)20)15-16-18/h8-11,13H,3-7H2,1-2H3,(H,19,20). The Morgan fingerprint density at radius 3 is 2.50 bits per heavy atom. The maximum atomic E-state index is 10.8. The van der Waals surface area contributed by atoms with Gasteiger partial charge in [-0.15, -0.1) is 5.10 Å². The summed E-state index contributed by atoms with van der Waals surface area (Å²) < 4.78 is 1.71. The molecule has 2 atom stereocenters. The topological polar surface area (TPSA) is 71.2 Å². The molecule has 3 rings (SSSR count). The number of aromatic carboxylic acids is 1. The van der Waals surface area contributed by atoms with Crippen LogP contribution in [0, 0.1) is 11.8 Å². The van der Waals surface area contributed by atoms with Crippen molar-refractivity contribution >= 4 is 5.97 Å². The van der Waals surface area contributed by atoms with Crippen molar-refractivity contribution < 1.29 is 9.90 Å². The molecule has 1 saturated heterocycles. The summed E-state index contributed by atoms with van der Waals surface area (Å²) in [6, 6.07) is 0.944. The Balaban J connectivity index is 1.61. The molecule has 6 nitrogen and oxygen atoms in total. The summed E-state index contributed by atoms with van der Waals surface area (Å²) in [5, 5.41) is 16.5. The van der Waals surface area contributed by atoms with E-state index in [1.165, 1.54) is 25.5 Å². The number of carbonyl (C=O) groups is 1. The van der Waals surface area contributed by atoms with Crippen LogP contribution in [0.25, 0.3) is 0 Å². The predicted molar refractivity (Wildman–Crippen MR) is 73.6 cm³/mol. The SMILES string of the molecule is CC1CCCC(C)C1N1CC(n2cc(C(=O)O)nn2)C1. The molecule has 0 bridgehead atoms. The van der Waals surface area contributed by atoms with Crippen LogP contribution in [0.1, 0.15) is 49.6 Å². The summed E-state index contributed by atoms with van der Waals surface area (Å²) in [7, 11) is 0. The van der Waals surface area contributed by atoms with Gasteiger partial charge in [0.2, 0.25) is 0 Å². The summed E-state index contributed by atoms with van der Waals surface area (Å²) in [5.41, 5.74) is 0.0304. The predicted octanol–water partition coefficient (Wildman–Crippen LogP) is 1.66. The van der Waals surface area contributed by atoms with Crippen LogP contribution < -0.4 is 0 Å². The largest absolute Gasteiger partial charge is 0.476 e. The van der Waals surface area contributed by atoms with E-state index in [1.54, 1.807) is 4.68 Å². The molecular formula is C14H22N4O2. The molecule has 6 heteroatoms. The molecule has 2 fully saturated rings. The average molecular weight is 278 g/mol. The maximum absolute atomic E-state index is 10.8. The van der Waals surface area contributed by atoms with E-state index in [2.05, 4.69) is 29.1 Å². The zero-order valence-electron chi connectivity index (χ0n) is 12.1. The summed E-state index contributed by atoms with van der Waals surface area (Å²) in [6.07, 6.45) is 5.53. The van der Waals surface area contributed by atoms with Crippen LogP contribution in [0.3, 0.4) is 0 Å². The molecule has 0 aromatic carbocycles. The van der Waals surface area contributed by atoms with E-state index in [4.69, 9.17) is 5.11 Å². The van der Waals surface area contributed by atoms with Gasteiger partial charge < -0.3 is 5.11 Å². The van der Waals surface area contributed by atoms with Gasteiger partial charge >= 0.3 is 5.97 Å². The van der Waals surface area contributed by atoms with E-state index in [0.717, 1.165) is 24.9 Å². The van der Waals surface area contributed by atoms with Gasteiger partial charge in [-0.25, -0.2) is 9.48 Å². The van der Waals surface area contributed by atoms with Gasteiger partial charge in [-0.1, -0.05) is 25.5 Å². The molecule has 0 amide bonds. The Morgan fingerprint density at radius 2 is 1.95 bits per heavy atom. The Morgan fingerprint density at radius 1 is 1.30 bits per heavy atom. The minimum Gasteiger partial charge on any atom is -0.476 e. The molecule has 1 aromatic rings. The lowest BCUT2D eigenvalue weighted by atomic mass is 9.76. The second kappa shape index (κ2) is 5.16. The molecule has 20 heavy (non-hydrogen) atoms. The van der Waals surface area contributed by atoms with Crippen LogP contribution in [0.4, 0.5) is 0 Å². The highest BCUT2D eigenvalue weighted by atomic mass is 16.4. The van der Waals surface area contributed by atoms with Crippen LogP contribution in [0.5, 0.6) is 0 Å². The van der Waals surface area contributed by atoms with Gasteiger partial charge in [0.15, 0.2) is 5.69 Å². The van der Waals surface area contributed by atoms with Crippen LogP contribution in [0.2, 0.25) is 0 Å². The van der Waals surface area contributed by atoms with E-state index in [1.807, 2.05) is 0 Å². The molecule has 110 valence electrons. The van der Waals surface area contributed by atoms with Crippen LogP contribution in [-0.2, 0) is 0 Å². The van der Waals surface area contributed by atoms with Crippen molar-refractivity contribution in [3.8, 4) is 0 Å². The molecule has 1 aliphatic heterocycles. The molecule has 0 spiro atoms. The van der Waals surface area contributed by atoms with Crippen molar-refractivity contribution in [3.05, 3.63) is 11.9 Å². The number of hydrogen-bond donors (Lipinski definition) is 1. The first-order valence-electron chi connectivity index (χ1n) is 7.45. The van der Waals surface area contributed by atoms with E-state index in [-0.39, 0.29) is 11.7 Å². The number of nitrogens with zero attached hydrogens (tertiary/aromatic N) is 4. The summed E-state index contributed by atoms with van der Waals surface area (Å²) in [4.78, 5) is 13.3. The van der Waals surface area contributed by atoms with E-state index < -0.39 is 5.97 Å². The molecular weight excluding hydrogens is 256 g/mol. The number of hydrogen-bond acceptors (Lipinski definition) is 4. The lowest BCUT2D eigenvalue weighted by molar-refractivity contribution is -0.0134. The average Bonchev–Trinajstić information content (AvgIpc) is 2.80. The Labute approximate surface area is 118 Å². The number of carboxylic acids is 1. The summed E-state index contributed by atoms with van der Waals surface area (Å²) in [6.45, 7) is 6.63.